The molecule has 0 aromatic carbocycles. The molecule has 0 N–H and O–H groups in total. The average molecular weight is 267 g/mol. The summed E-state index contributed by atoms with van der Waals surface area (Å²) in [7, 11) is 0. The molecule has 0 aromatic rings. The third-order valence-corrected chi connectivity index (χ3v) is 4.16. The van der Waals surface area contributed by atoms with E-state index in [1.54, 1.807) is 0 Å². The molecule has 3 heteroatoms. The number of hydrogen-bond acceptors (Lipinski definition) is 2. The van der Waals surface area contributed by atoms with Crippen molar-refractivity contribution in [1.29, 1.82) is 0 Å². The minimum atomic E-state index is -0.781. The van der Waals surface area contributed by atoms with Crippen LogP contribution in [0.15, 0.2) is 17.1 Å². The van der Waals surface area contributed by atoms with E-state index in [9.17, 15) is 4.39 Å². The maximum absolute atomic E-state index is 14.3. The van der Waals surface area contributed by atoms with E-state index in [0.29, 0.717) is 24.8 Å². The lowest BCUT2D eigenvalue weighted by Crippen LogP contribution is -2.32. The van der Waals surface area contributed by atoms with Gasteiger partial charge in [-0.25, -0.2) is 9.38 Å². The number of hydrogen-bond donors (Lipinski definition) is 0. The summed E-state index contributed by atoms with van der Waals surface area (Å²) in [6, 6.07) is 0. The molecule has 19 heavy (non-hydrogen) atoms. The fourth-order valence-corrected chi connectivity index (χ4v) is 3.04. The lowest BCUT2D eigenvalue weighted by molar-refractivity contribution is 0.141. The van der Waals surface area contributed by atoms with Crippen molar-refractivity contribution < 1.29 is 9.13 Å². The molecule has 2 nitrogen and oxygen atoms in total. The maximum Gasteiger partial charge on any atom is 0.190 e. The average Bonchev–Trinajstić information content (AvgIpc) is 2.70. The predicted molar refractivity (Wildman–Crippen MR) is 77.2 cm³/mol. The summed E-state index contributed by atoms with van der Waals surface area (Å²) in [4.78, 5) is 4.54. The minimum absolute atomic E-state index is 0.0975. The van der Waals surface area contributed by atoms with Gasteiger partial charge in [-0.3, -0.25) is 0 Å². The molecule has 0 spiro atoms. The zero-order valence-corrected chi connectivity index (χ0v) is 12.4. The normalized spacial score (nSPS) is 34.3. The third kappa shape index (κ3) is 3.80. The standard InChI is InChI=1S/C16H26FNO/c1-4-5-6-7-12-8-9-13(14(17)10-12)15-18-16(2,3)11-19-15/h4-5,12-14H,6-11H2,1-3H3/b5-4+. The Morgan fingerprint density at radius 2 is 2.21 bits per heavy atom. The molecule has 2 rings (SSSR count). The van der Waals surface area contributed by atoms with Crippen LogP contribution in [-0.4, -0.2) is 24.2 Å². The van der Waals surface area contributed by atoms with Crippen LogP contribution >= 0.6 is 0 Å². The van der Waals surface area contributed by atoms with Crippen LogP contribution in [0.3, 0.4) is 0 Å². The smallest absolute Gasteiger partial charge is 0.190 e. The Hall–Kier alpha value is -0.860. The Labute approximate surface area is 116 Å². The largest absolute Gasteiger partial charge is 0.478 e. The van der Waals surface area contributed by atoms with E-state index >= 15 is 0 Å². The molecular weight excluding hydrogens is 241 g/mol. The molecule has 1 saturated carbocycles. The number of halogens is 1. The molecule has 2 aliphatic rings. The van der Waals surface area contributed by atoms with E-state index in [1.165, 1.54) is 0 Å². The van der Waals surface area contributed by atoms with Crippen LogP contribution in [0.4, 0.5) is 4.39 Å². The molecule has 0 aromatic heterocycles. The van der Waals surface area contributed by atoms with Crippen LogP contribution in [0, 0.1) is 11.8 Å². The predicted octanol–water partition coefficient (Wildman–Crippen LogP) is 4.30. The van der Waals surface area contributed by atoms with Gasteiger partial charge in [-0.05, 0) is 58.8 Å². The minimum Gasteiger partial charge on any atom is -0.478 e. The van der Waals surface area contributed by atoms with Crippen LogP contribution in [0.1, 0.15) is 52.9 Å². The van der Waals surface area contributed by atoms with Crippen molar-refractivity contribution >= 4 is 5.90 Å². The highest BCUT2D eigenvalue weighted by molar-refractivity contribution is 5.81. The van der Waals surface area contributed by atoms with Crippen molar-refractivity contribution in [2.45, 2.75) is 64.6 Å². The first-order valence-corrected chi connectivity index (χ1v) is 7.49. The Bertz CT molecular complexity index is 362. The van der Waals surface area contributed by atoms with Crippen molar-refractivity contribution in [2.24, 2.45) is 16.8 Å². The lowest BCUT2D eigenvalue weighted by atomic mass is 9.78. The maximum atomic E-state index is 14.3. The molecule has 0 amide bonds. The van der Waals surface area contributed by atoms with Crippen molar-refractivity contribution in [3.63, 3.8) is 0 Å². The van der Waals surface area contributed by atoms with Gasteiger partial charge < -0.3 is 4.74 Å². The summed E-state index contributed by atoms with van der Waals surface area (Å²) >= 11 is 0. The van der Waals surface area contributed by atoms with Gasteiger partial charge in [-0.2, -0.15) is 0 Å². The Morgan fingerprint density at radius 3 is 2.79 bits per heavy atom. The topological polar surface area (TPSA) is 21.6 Å². The number of ether oxygens (including phenoxy) is 1. The molecule has 1 aliphatic carbocycles. The highest BCUT2D eigenvalue weighted by Crippen LogP contribution is 2.36. The van der Waals surface area contributed by atoms with Gasteiger partial charge in [0.05, 0.1) is 11.5 Å². The number of rotatable bonds is 4. The molecule has 0 bridgehead atoms. The highest BCUT2D eigenvalue weighted by Gasteiger charge is 2.38. The number of allylic oxidation sites excluding steroid dienone is 2. The number of alkyl halides is 1. The molecule has 3 unspecified atom stereocenters. The van der Waals surface area contributed by atoms with Crippen molar-refractivity contribution in [2.75, 3.05) is 6.61 Å². The van der Waals surface area contributed by atoms with Crippen molar-refractivity contribution in [3.05, 3.63) is 12.2 Å². The van der Waals surface area contributed by atoms with Gasteiger partial charge in [0.15, 0.2) is 5.90 Å². The fourth-order valence-electron chi connectivity index (χ4n) is 3.04. The van der Waals surface area contributed by atoms with Gasteiger partial charge >= 0.3 is 0 Å². The second-order valence-corrected chi connectivity index (χ2v) is 6.50. The molecule has 3 atom stereocenters. The van der Waals surface area contributed by atoms with Crippen LogP contribution in [0.2, 0.25) is 0 Å². The van der Waals surface area contributed by atoms with Gasteiger partial charge in [0.2, 0.25) is 0 Å². The first-order valence-electron chi connectivity index (χ1n) is 7.49. The first kappa shape index (κ1) is 14.5. The van der Waals surface area contributed by atoms with Gasteiger partial charge in [-0.1, -0.05) is 12.2 Å². The molecular formula is C16H26FNO. The highest BCUT2D eigenvalue weighted by atomic mass is 19.1. The SMILES string of the molecule is C/C=C/CCC1CCC(C2=NC(C)(C)CO2)C(F)C1. The zero-order chi connectivity index (χ0) is 13.9. The van der Waals surface area contributed by atoms with E-state index < -0.39 is 6.17 Å². The van der Waals surface area contributed by atoms with E-state index in [1.807, 2.05) is 20.8 Å². The molecule has 1 fully saturated rings. The molecule has 1 heterocycles. The molecule has 108 valence electrons. The van der Waals surface area contributed by atoms with Crippen LogP contribution in [-0.2, 0) is 4.74 Å². The van der Waals surface area contributed by atoms with E-state index in [-0.39, 0.29) is 11.5 Å². The van der Waals surface area contributed by atoms with E-state index in [2.05, 4.69) is 17.1 Å². The summed E-state index contributed by atoms with van der Waals surface area (Å²) in [5.41, 5.74) is -0.169. The quantitative estimate of drug-likeness (QED) is 0.696. The second-order valence-electron chi connectivity index (χ2n) is 6.50. The van der Waals surface area contributed by atoms with Gasteiger partial charge in [-0.15, -0.1) is 0 Å². The van der Waals surface area contributed by atoms with E-state index in [4.69, 9.17) is 4.74 Å². The van der Waals surface area contributed by atoms with Gasteiger partial charge in [0.25, 0.3) is 0 Å². The van der Waals surface area contributed by atoms with Crippen LogP contribution < -0.4 is 0 Å². The van der Waals surface area contributed by atoms with Crippen molar-refractivity contribution in [3.8, 4) is 0 Å². The number of nitrogens with zero attached hydrogens (tertiary/aromatic N) is 1. The summed E-state index contributed by atoms with van der Waals surface area (Å²) in [6.07, 6.45) is 8.30. The van der Waals surface area contributed by atoms with Gasteiger partial charge in [0, 0.05) is 0 Å². The Balaban J connectivity index is 1.87. The Kier molecular flexibility index (Phi) is 4.64. The third-order valence-electron chi connectivity index (χ3n) is 4.16. The lowest BCUT2D eigenvalue weighted by Gasteiger charge is -2.31. The first-order chi connectivity index (χ1) is 9.02. The van der Waals surface area contributed by atoms with Crippen LogP contribution in [0.5, 0.6) is 0 Å². The zero-order valence-electron chi connectivity index (χ0n) is 12.4. The van der Waals surface area contributed by atoms with Gasteiger partial charge in [0.1, 0.15) is 12.8 Å². The molecule has 0 radical (unpaired) electrons. The molecule has 0 saturated heterocycles. The van der Waals surface area contributed by atoms with Crippen LogP contribution in [0.25, 0.3) is 0 Å². The number of aliphatic imine (C=N–C) groups is 1. The monoisotopic (exact) mass is 267 g/mol. The second kappa shape index (κ2) is 6.06. The summed E-state index contributed by atoms with van der Waals surface area (Å²) < 4.78 is 19.9. The Morgan fingerprint density at radius 1 is 1.42 bits per heavy atom. The summed E-state index contributed by atoms with van der Waals surface area (Å²) in [5, 5.41) is 0. The van der Waals surface area contributed by atoms with E-state index in [0.717, 1.165) is 25.7 Å². The van der Waals surface area contributed by atoms with Crippen molar-refractivity contribution in [1.82, 2.24) is 0 Å². The summed E-state index contributed by atoms with van der Waals surface area (Å²) in [5.74, 6) is 1.10. The fraction of sp³-hybridized carbons (Fsp3) is 0.812. The molecule has 1 aliphatic heterocycles. The summed E-state index contributed by atoms with van der Waals surface area (Å²) in [6.45, 7) is 6.70.